The molecule has 2 heterocycles. The second-order valence-corrected chi connectivity index (χ2v) is 8.19. The molecule has 0 aliphatic carbocycles. The molecule has 0 radical (unpaired) electrons. The van der Waals surface area contributed by atoms with Crippen LogP contribution in [0.15, 0.2) is 4.52 Å². The van der Waals surface area contributed by atoms with Crippen LogP contribution in [0.4, 0.5) is 4.79 Å². The molecule has 0 bridgehead atoms. The Kier molecular flexibility index (Phi) is 4.71. The van der Waals surface area contributed by atoms with Gasteiger partial charge >= 0.3 is 6.09 Å². The average Bonchev–Trinajstić information content (AvgIpc) is 2.86. The van der Waals surface area contributed by atoms with Gasteiger partial charge in [0, 0.05) is 24.5 Å². The molecule has 0 saturated carbocycles. The Balaban J connectivity index is 2.12. The van der Waals surface area contributed by atoms with Crippen molar-refractivity contribution in [3.63, 3.8) is 0 Å². The molecule has 0 aromatic carbocycles. The number of carbonyl (C=O) groups excluding carboxylic acids is 1. The lowest BCUT2D eigenvalue weighted by Gasteiger charge is -2.35. The van der Waals surface area contributed by atoms with Gasteiger partial charge in [-0.2, -0.15) is 4.98 Å². The minimum atomic E-state index is -0.518. The zero-order chi connectivity index (χ0) is 17.4. The van der Waals surface area contributed by atoms with Gasteiger partial charge < -0.3 is 19.9 Å². The molecule has 0 spiro atoms. The summed E-state index contributed by atoms with van der Waals surface area (Å²) in [6, 6.07) is -0.109. The molecule has 2 atom stereocenters. The maximum absolute atomic E-state index is 12.3. The highest BCUT2D eigenvalue weighted by Crippen LogP contribution is 2.28. The molecule has 7 heteroatoms. The van der Waals surface area contributed by atoms with E-state index in [0.717, 1.165) is 0 Å². The van der Waals surface area contributed by atoms with E-state index in [4.69, 9.17) is 15.0 Å². The van der Waals surface area contributed by atoms with Crippen molar-refractivity contribution in [2.75, 3.05) is 13.1 Å². The highest BCUT2D eigenvalue weighted by atomic mass is 16.6. The fourth-order valence-electron chi connectivity index (χ4n) is 2.41. The first kappa shape index (κ1) is 17.7. The van der Waals surface area contributed by atoms with Crippen LogP contribution in [-0.2, 0) is 10.2 Å². The molecule has 2 N–H and O–H groups in total. The lowest BCUT2D eigenvalue weighted by molar-refractivity contribution is 0.0175. The molecule has 1 aromatic heterocycles. The van der Waals surface area contributed by atoms with Crippen molar-refractivity contribution in [1.29, 1.82) is 0 Å². The second-order valence-electron chi connectivity index (χ2n) is 8.19. The van der Waals surface area contributed by atoms with Crippen molar-refractivity contribution in [2.24, 2.45) is 5.73 Å². The quantitative estimate of drug-likeness (QED) is 0.852. The van der Waals surface area contributed by atoms with Crippen molar-refractivity contribution >= 4 is 6.09 Å². The number of ether oxygens (including phenoxy) is 1. The van der Waals surface area contributed by atoms with Crippen molar-refractivity contribution < 1.29 is 14.1 Å². The Morgan fingerprint density at radius 1 is 1.30 bits per heavy atom. The molecule has 1 amide bonds. The molecular weight excluding hydrogens is 296 g/mol. The van der Waals surface area contributed by atoms with Gasteiger partial charge in [0.25, 0.3) is 0 Å². The highest BCUT2D eigenvalue weighted by molar-refractivity contribution is 5.68. The van der Waals surface area contributed by atoms with Crippen LogP contribution in [0.2, 0.25) is 0 Å². The molecule has 1 saturated heterocycles. The molecule has 7 nitrogen and oxygen atoms in total. The number of piperidine rings is 1. The number of likely N-dealkylation sites (tertiary alicyclic amines) is 1. The van der Waals surface area contributed by atoms with E-state index in [1.54, 1.807) is 4.90 Å². The van der Waals surface area contributed by atoms with Crippen LogP contribution < -0.4 is 5.73 Å². The van der Waals surface area contributed by atoms with Gasteiger partial charge in [0.2, 0.25) is 5.89 Å². The summed E-state index contributed by atoms with van der Waals surface area (Å²) in [6.45, 7) is 12.6. The summed E-state index contributed by atoms with van der Waals surface area (Å²) in [4.78, 5) is 18.4. The van der Waals surface area contributed by atoms with Gasteiger partial charge in [0.1, 0.15) is 5.60 Å². The minimum absolute atomic E-state index is 0.109. The van der Waals surface area contributed by atoms with Crippen LogP contribution in [0.25, 0.3) is 0 Å². The first-order chi connectivity index (χ1) is 10.5. The van der Waals surface area contributed by atoms with Crippen LogP contribution in [0.5, 0.6) is 0 Å². The molecule has 1 aliphatic rings. The van der Waals surface area contributed by atoms with E-state index in [1.807, 2.05) is 41.5 Å². The SMILES string of the molecule is CC(C)(C)OC(=O)N1CC[C@H](N)[C@H](c2nc(C(C)(C)C)no2)C1. The lowest BCUT2D eigenvalue weighted by atomic mass is 9.92. The third-order valence-corrected chi connectivity index (χ3v) is 3.75. The molecule has 0 unspecified atom stereocenters. The van der Waals surface area contributed by atoms with E-state index in [9.17, 15) is 4.79 Å². The van der Waals surface area contributed by atoms with Gasteiger partial charge in [-0.25, -0.2) is 4.79 Å². The second kappa shape index (κ2) is 6.11. The summed E-state index contributed by atoms with van der Waals surface area (Å²) in [6.07, 6.45) is 0.349. The van der Waals surface area contributed by atoms with Crippen molar-refractivity contribution in [3.8, 4) is 0 Å². The summed E-state index contributed by atoms with van der Waals surface area (Å²) < 4.78 is 10.8. The smallest absolute Gasteiger partial charge is 0.410 e. The van der Waals surface area contributed by atoms with E-state index in [2.05, 4.69) is 10.1 Å². The Hall–Kier alpha value is -1.63. The summed E-state index contributed by atoms with van der Waals surface area (Å²) in [5.74, 6) is 0.977. The van der Waals surface area contributed by atoms with Crippen molar-refractivity contribution in [3.05, 3.63) is 11.7 Å². The number of rotatable bonds is 1. The predicted molar refractivity (Wildman–Crippen MR) is 86.1 cm³/mol. The van der Waals surface area contributed by atoms with Crippen LogP contribution in [-0.4, -0.2) is 45.9 Å². The summed E-state index contributed by atoms with van der Waals surface area (Å²) in [5, 5.41) is 4.05. The molecule has 1 aliphatic heterocycles. The molecule has 1 aromatic rings. The zero-order valence-electron chi connectivity index (χ0n) is 14.9. The first-order valence-corrected chi connectivity index (χ1v) is 8.05. The van der Waals surface area contributed by atoms with Crippen LogP contribution in [0.1, 0.15) is 65.6 Å². The minimum Gasteiger partial charge on any atom is -0.444 e. The maximum Gasteiger partial charge on any atom is 0.410 e. The van der Waals surface area contributed by atoms with Crippen LogP contribution in [0.3, 0.4) is 0 Å². The van der Waals surface area contributed by atoms with Gasteiger partial charge in [-0.05, 0) is 27.2 Å². The van der Waals surface area contributed by atoms with Gasteiger partial charge in [-0.1, -0.05) is 25.9 Å². The van der Waals surface area contributed by atoms with Crippen molar-refractivity contribution in [1.82, 2.24) is 15.0 Å². The van der Waals surface area contributed by atoms with Crippen LogP contribution >= 0.6 is 0 Å². The standard InChI is InChI=1S/C16H28N4O3/c1-15(2,3)13-18-12(23-19-13)10-9-20(8-7-11(10)17)14(21)22-16(4,5)6/h10-11H,7-9,17H2,1-6H3/t10-,11+/m1/s1. The number of carbonyl (C=O) groups is 1. The number of aromatic nitrogens is 2. The van der Waals surface area contributed by atoms with E-state index >= 15 is 0 Å². The summed E-state index contributed by atoms with van der Waals surface area (Å²) in [5.41, 5.74) is 5.51. The Labute approximate surface area is 137 Å². The van der Waals surface area contributed by atoms with Gasteiger partial charge in [-0.15, -0.1) is 0 Å². The Morgan fingerprint density at radius 3 is 2.48 bits per heavy atom. The number of hydrogen-bond acceptors (Lipinski definition) is 6. The monoisotopic (exact) mass is 324 g/mol. The summed E-state index contributed by atoms with van der Waals surface area (Å²) >= 11 is 0. The number of nitrogens with two attached hydrogens (primary N) is 1. The fraction of sp³-hybridized carbons (Fsp3) is 0.812. The molecule has 1 fully saturated rings. The maximum atomic E-state index is 12.3. The van der Waals surface area contributed by atoms with E-state index in [0.29, 0.717) is 31.2 Å². The number of nitrogens with zero attached hydrogens (tertiary/aromatic N) is 3. The Bertz CT molecular complexity index is 556. The van der Waals surface area contributed by atoms with E-state index < -0.39 is 5.60 Å². The molecule has 23 heavy (non-hydrogen) atoms. The molecule has 130 valence electrons. The number of amides is 1. The highest BCUT2D eigenvalue weighted by Gasteiger charge is 2.36. The first-order valence-electron chi connectivity index (χ1n) is 8.05. The van der Waals surface area contributed by atoms with E-state index in [1.165, 1.54) is 0 Å². The van der Waals surface area contributed by atoms with Gasteiger partial charge in [0.05, 0.1) is 5.92 Å². The molecular formula is C16H28N4O3. The van der Waals surface area contributed by atoms with E-state index in [-0.39, 0.29) is 23.5 Å². The fourth-order valence-corrected chi connectivity index (χ4v) is 2.41. The Morgan fingerprint density at radius 2 is 1.96 bits per heavy atom. The van der Waals surface area contributed by atoms with Crippen LogP contribution in [0, 0.1) is 0 Å². The largest absolute Gasteiger partial charge is 0.444 e. The lowest BCUT2D eigenvalue weighted by Crippen LogP contribution is -2.49. The third-order valence-electron chi connectivity index (χ3n) is 3.75. The average molecular weight is 324 g/mol. The van der Waals surface area contributed by atoms with Crippen molar-refractivity contribution in [2.45, 2.75) is 70.9 Å². The molecule has 2 rings (SSSR count). The van der Waals surface area contributed by atoms with Gasteiger partial charge in [-0.3, -0.25) is 0 Å². The topological polar surface area (TPSA) is 94.5 Å². The normalized spacial score (nSPS) is 23.0. The summed E-state index contributed by atoms with van der Waals surface area (Å²) in [7, 11) is 0. The number of hydrogen-bond donors (Lipinski definition) is 1. The third kappa shape index (κ3) is 4.43. The van der Waals surface area contributed by atoms with Gasteiger partial charge in [0.15, 0.2) is 5.82 Å². The predicted octanol–water partition coefficient (Wildman–Crippen LogP) is 2.42. The zero-order valence-corrected chi connectivity index (χ0v) is 14.9.